The summed E-state index contributed by atoms with van der Waals surface area (Å²) in [5, 5.41) is 0. The summed E-state index contributed by atoms with van der Waals surface area (Å²) in [6.07, 6.45) is 2.41. The van der Waals surface area contributed by atoms with Crippen molar-refractivity contribution in [3.05, 3.63) is 48.7 Å². The summed E-state index contributed by atoms with van der Waals surface area (Å²) < 4.78 is 30.1. The summed E-state index contributed by atoms with van der Waals surface area (Å²) in [5.74, 6) is 0.174. The minimum Gasteiger partial charge on any atom is -0.468 e. The van der Waals surface area contributed by atoms with E-state index >= 15 is 0 Å². The van der Waals surface area contributed by atoms with Gasteiger partial charge in [-0.05, 0) is 18.2 Å². The third kappa shape index (κ3) is 5.58. The van der Waals surface area contributed by atoms with Gasteiger partial charge in [-0.1, -0.05) is 18.2 Å². The zero-order valence-corrected chi connectivity index (χ0v) is 15.9. The second kappa shape index (κ2) is 8.26. The van der Waals surface area contributed by atoms with E-state index < -0.39 is 10.0 Å². The van der Waals surface area contributed by atoms with Crippen LogP contribution in [0.15, 0.2) is 48.7 Å². The van der Waals surface area contributed by atoms with Gasteiger partial charge in [0.15, 0.2) is 6.61 Å². The molecular formula is C18H22N4O4S. The van der Waals surface area contributed by atoms with Crippen LogP contribution in [-0.4, -0.2) is 63.3 Å². The van der Waals surface area contributed by atoms with E-state index in [9.17, 15) is 13.2 Å². The molecule has 1 aliphatic heterocycles. The van der Waals surface area contributed by atoms with Crippen molar-refractivity contribution < 1.29 is 17.9 Å². The highest BCUT2D eigenvalue weighted by Crippen LogP contribution is 2.16. The summed E-state index contributed by atoms with van der Waals surface area (Å²) in [4.78, 5) is 20.4. The maximum atomic E-state index is 12.3. The van der Waals surface area contributed by atoms with E-state index in [1.54, 1.807) is 4.90 Å². The minimum atomic E-state index is -3.35. The van der Waals surface area contributed by atoms with Crippen molar-refractivity contribution in [1.29, 1.82) is 0 Å². The lowest BCUT2D eigenvalue weighted by Gasteiger charge is -2.36. The number of ether oxygens (including phenoxy) is 1. The summed E-state index contributed by atoms with van der Waals surface area (Å²) in [7, 11) is -3.35. The number of hydrogen-bond acceptors (Lipinski definition) is 6. The zero-order chi connectivity index (χ0) is 19.3. The molecule has 0 aliphatic carbocycles. The molecule has 1 aromatic carbocycles. The van der Waals surface area contributed by atoms with E-state index in [1.807, 2.05) is 18.2 Å². The lowest BCUT2D eigenvalue weighted by molar-refractivity contribution is -0.133. The van der Waals surface area contributed by atoms with E-state index in [4.69, 9.17) is 4.74 Å². The lowest BCUT2D eigenvalue weighted by Crippen LogP contribution is -2.50. The van der Waals surface area contributed by atoms with Gasteiger partial charge < -0.3 is 14.5 Å². The number of carbonyl (C=O) groups is 1. The van der Waals surface area contributed by atoms with E-state index in [2.05, 4.69) is 26.7 Å². The number of benzene rings is 1. The van der Waals surface area contributed by atoms with Crippen LogP contribution in [0.3, 0.4) is 0 Å². The maximum absolute atomic E-state index is 12.3. The Morgan fingerprint density at radius 1 is 1.11 bits per heavy atom. The Morgan fingerprint density at radius 2 is 1.81 bits per heavy atom. The van der Waals surface area contributed by atoms with Gasteiger partial charge in [-0.15, -0.1) is 0 Å². The Bertz CT molecular complexity index is 864. The van der Waals surface area contributed by atoms with Crippen LogP contribution in [0.4, 0.5) is 11.4 Å². The number of rotatable bonds is 6. The fraction of sp³-hybridized carbons (Fsp3) is 0.333. The average molecular weight is 390 g/mol. The van der Waals surface area contributed by atoms with Crippen molar-refractivity contribution in [2.24, 2.45) is 0 Å². The third-order valence-corrected chi connectivity index (χ3v) is 4.74. The number of piperazine rings is 1. The first kappa shape index (κ1) is 19.0. The molecule has 0 atom stereocenters. The molecule has 8 nitrogen and oxygen atoms in total. The number of para-hydroxylation sites is 1. The van der Waals surface area contributed by atoms with Crippen LogP contribution in [0.25, 0.3) is 0 Å². The second-order valence-electron chi connectivity index (χ2n) is 6.25. The Labute approximate surface area is 158 Å². The molecule has 2 aromatic rings. The fourth-order valence-electron chi connectivity index (χ4n) is 2.82. The predicted octanol–water partition coefficient (Wildman–Crippen LogP) is 1.18. The molecule has 1 saturated heterocycles. The second-order valence-corrected chi connectivity index (χ2v) is 8.00. The number of sulfonamides is 1. The zero-order valence-electron chi connectivity index (χ0n) is 15.0. The maximum Gasteiger partial charge on any atom is 0.260 e. The molecule has 0 unspecified atom stereocenters. The molecule has 3 rings (SSSR count). The van der Waals surface area contributed by atoms with Crippen LogP contribution in [-0.2, 0) is 14.8 Å². The van der Waals surface area contributed by atoms with Crippen LogP contribution in [0.5, 0.6) is 5.88 Å². The van der Waals surface area contributed by atoms with E-state index in [0.717, 1.165) is 25.0 Å². The number of carbonyl (C=O) groups excluding carboxylic acids is 1. The lowest BCUT2D eigenvalue weighted by atomic mass is 10.2. The molecule has 0 spiro atoms. The van der Waals surface area contributed by atoms with E-state index in [-0.39, 0.29) is 18.4 Å². The standard InChI is InChI=1S/C18H22N4O4S/c1-27(24,25)20-15-7-8-17(19-13-15)26-14-18(23)22-11-9-21(10-12-22)16-5-3-2-4-6-16/h2-8,13,20H,9-12,14H2,1H3. The molecule has 0 saturated carbocycles. The largest absolute Gasteiger partial charge is 0.468 e. The van der Waals surface area contributed by atoms with Gasteiger partial charge in [-0.3, -0.25) is 9.52 Å². The molecule has 1 N–H and O–H groups in total. The molecule has 144 valence electrons. The van der Waals surface area contributed by atoms with Gasteiger partial charge >= 0.3 is 0 Å². The number of amides is 1. The molecule has 1 fully saturated rings. The highest BCUT2D eigenvalue weighted by Gasteiger charge is 2.21. The number of pyridine rings is 1. The van der Waals surface area contributed by atoms with Crippen LogP contribution >= 0.6 is 0 Å². The van der Waals surface area contributed by atoms with Crippen LogP contribution in [0.1, 0.15) is 0 Å². The van der Waals surface area contributed by atoms with Gasteiger partial charge in [0.25, 0.3) is 5.91 Å². The number of nitrogens with one attached hydrogen (secondary N) is 1. The third-order valence-electron chi connectivity index (χ3n) is 4.14. The number of aromatic nitrogens is 1. The Hall–Kier alpha value is -2.81. The van der Waals surface area contributed by atoms with Gasteiger partial charge in [0.05, 0.1) is 18.1 Å². The topological polar surface area (TPSA) is 91.8 Å². The van der Waals surface area contributed by atoms with Crippen LogP contribution < -0.4 is 14.4 Å². The van der Waals surface area contributed by atoms with Crippen molar-refractivity contribution >= 4 is 27.3 Å². The molecule has 27 heavy (non-hydrogen) atoms. The fourth-order valence-corrected chi connectivity index (χ4v) is 3.37. The first-order chi connectivity index (χ1) is 12.9. The molecular weight excluding hydrogens is 368 g/mol. The van der Waals surface area contributed by atoms with Crippen LogP contribution in [0.2, 0.25) is 0 Å². The Kier molecular flexibility index (Phi) is 5.80. The van der Waals surface area contributed by atoms with Crippen LogP contribution in [0, 0.1) is 0 Å². The molecule has 2 heterocycles. The summed E-state index contributed by atoms with van der Waals surface area (Å²) >= 11 is 0. The quantitative estimate of drug-likeness (QED) is 0.796. The molecule has 0 radical (unpaired) electrons. The van der Waals surface area contributed by atoms with Crippen molar-refractivity contribution in [1.82, 2.24) is 9.88 Å². The SMILES string of the molecule is CS(=O)(=O)Nc1ccc(OCC(=O)N2CCN(c3ccccc3)CC2)nc1. The predicted molar refractivity (Wildman–Crippen MR) is 103 cm³/mol. The summed E-state index contributed by atoms with van der Waals surface area (Å²) in [6, 6.07) is 13.2. The molecule has 9 heteroatoms. The van der Waals surface area contributed by atoms with Crippen molar-refractivity contribution in [3.63, 3.8) is 0 Å². The average Bonchev–Trinajstić information content (AvgIpc) is 2.67. The first-order valence-electron chi connectivity index (χ1n) is 8.55. The van der Waals surface area contributed by atoms with E-state index in [1.165, 1.54) is 18.3 Å². The highest BCUT2D eigenvalue weighted by molar-refractivity contribution is 7.92. The first-order valence-corrected chi connectivity index (χ1v) is 10.4. The molecule has 1 aromatic heterocycles. The number of hydrogen-bond donors (Lipinski definition) is 1. The summed E-state index contributed by atoms with van der Waals surface area (Å²) in [6.45, 7) is 2.74. The number of anilines is 2. The molecule has 0 bridgehead atoms. The van der Waals surface area contributed by atoms with Gasteiger partial charge in [-0.2, -0.15) is 0 Å². The van der Waals surface area contributed by atoms with E-state index in [0.29, 0.717) is 18.8 Å². The Balaban J connectivity index is 1.46. The monoisotopic (exact) mass is 390 g/mol. The van der Waals surface area contributed by atoms with Gasteiger partial charge in [-0.25, -0.2) is 13.4 Å². The Morgan fingerprint density at radius 3 is 2.41 bits per heavy atom. The van der Waals surface area contributed by atoms with Gasteiger partial charge in [0, 0.05) is 37.9 Å². The van der Waals surface area contributed by atoms with Gasteiger partial charge in [0.2, 0.25) is 15.9 Å². The van der Waals surface area contributed by atoms with Crippen molar-refractivity contribution in [3.8, 4) is 5.88 Å². The summed E-state index contributed by atoms with van der Waals surface area (Å²) in [5.41, 5.74) is 1.50. The highest BCUT2D eigenvalue weighted by atomic mass is 32.2. The van der Waals surface area contributed by atoms with Crippen molar-refractivity contribution in [2.75, 3.05) is 48.7 Å². The molecule has 1 aliphatic rings. The number of nitrogens with zero attached hydrogens (tertiary/aromatic N) is 3. The minimum absolute atomic E-state index is 0.0946. The van der Waals surface area contributed by atoms with Gasteiger partial charge in [0.1, 0.15) is 0 Å². The smallest absolute Gasteiger partial charge is 0.260 e. The normalized spacial score (nSPS) is 14.7. The van der Waals surface area contributed by atoms with Crippen molar-refractivity contribution in [2.45, 2.75) is 0 Å². The molecule has 1 amide bonds.